The van der Waals surface area contributed by atoms with Crippen LogP contribution in [0.1, 0.15) is 49.0 Å². The molecular weight excluding hydrogens is 219 g/mol. The van der Waals surface area contributed by atoms with Gasteiger partial charge < -0.3 is 11.1 Å². The van der Waals surface area contributed by atoms with E-state index in [0.29, 0.717) is 5.69 Å². The van der Waals surface area contributed by atoms with Crippen molar-refractivity contribution in [1.82, 2.24) is 0 Å². The van der Waals surface area contributed by atoms with E-state index in [4.69, 9.17) is 5.73 Å². The summed E-state index contributed by atoms with van der Waals surface area (Å²) in [4.78, 5) is 11.4. The molecule has 1 aliphatic rings. The van der Waals surface area contributed by atoms with E-state index in [2.05, 4.69) is 19.2 Å². The molecule has 3 N–H and O–H groups in total. The van der Waals surface area contributed by atoms with Gasteiger partial charge in [0.25, 0.3) is 5.91 Å². The molecule has 1 aromatic carbocycles. The molecule has 0 aliphatic carbocycles. The lowest BCUT2D eigenvalue weighted by atomic mass is 9.81. The fraction of sp³-hybridized carbons (Fsp3) is 0.462. The zero-order valence-electron chi connectivity index (χ0n) is 10.3. The maximum Gasteiger partial charge on any atom is 0.250 e. The molecule has 0 bridgehead atoms. The minimum Gasteiger partial charge on any atom is -0.379 e. The molecule has 1 heterocycles. The lowest BCUT2D eigenvalue weighted by Gasteiger charge is -2.38. The van der Waals surface area contributed by atoms with Gasteiger partial charge in [-0.05, 0) is 43.9 Å². The second kappa shape index (κ2) is 3.72. The van der Waals surface area contributed by atoms with Crippen LogP contribution >= 0.6 is 0 Å². The van der Waals surface area contributed by atoms with E-state index in [1.807, 2.05) is 6.92 Å². The minimum atomic E-state index is -0.599. The molecule has 0 saturated heterocycles. The predicted octanol–water partition coefficient (Wildman–Crippen LogP) is 2.62. The minimum absolute atomic E-state index is 0.117. The first kappa shape index (κ1) is 11.9. The maximum absolute atomic E-state index is 13.4. The highest BCUT2D eigenvalue weighted by Crippen LogP contribution is 2.40. The molecule has 0 spiro atoms. The van der Waals surface area contributed by atoms with Crippen molar-refractivity contribution < 1.29 is 9.18 Å². The summed E-state index contributed by atoms with van der Waals surface area (Å²) in [5.74, 6) is -0.806. The predicted molar refractivity (Wildman–Crippen MR) is 65.7 cm³/mol. The molecule has 1 amide bonds. The summed E-state index contributed by atoms with van der Waals surface area (Å²) >= 11 is 0. The van der Waals surface area contributed by atoms with Crippen LogP contribution in [-0.2, 0) is 0 Å². The Bertz CT molecular complexity index is 483. The molecule has 17 heavy (non-hydrogen) atoms. The fourth-order valence-corrected chi connectivity index (χ4v) is 2.62. The average molecular weight is 236 g/mol. The third kappa shape index (κ3) is 2.12. The van der Waals surface area contributed by atoms with Crippen molar-refractivity contribution >= 4 is 11.6 Å². The molecule has 0 saturated carbocycles. The molecule has 0 fully saturated rings. The van der Waals surface area contributed by atoms with Crippen molar-refractivity contribution in [2.45, 2.75) is 38.6 Å². The van der Waals surface area contributed by atoms with E-state index in [1.165, 1.54) is 12.1 Å². The number of rotatable bonds is 1. The van der Waals surface area contributed by atoms with Crippen LogP contribution < -0.4 is 11.1 Å². The second-order valence-electron chi connectivity index (χ2n) is 5.40. The van der Waals surface area contributed by atoms with Crippen LogP contribution in [0.15, 0.2) is 12.1 Å². The van der Waals surface area contributed by atoms with Crippen molar-refractivity contribution in [3.05, 3.63) is 29.1 Å². The van der Waals surface area contributed by atoms with E-state index in [0.717, 1.165) is 12.0 Å². The molecule has 0 radical (unpaired) electrons. The van der Waals surface area contributed by atoms with Crippen molar-refractivity contribution in [2.24, 2.45) is 5.73 Å². The van der Waals surface area contributed by atoms with Crippen LogP contribution in [0.2, 0.25) is 0 Å². The Morgan fingerprint density at radius 3 is 2.76 bits per heavy atom. The smallest absolute Gasteiger partial charge is 0.250 e. The highest BCUT2D eigenvalue weighted by Gasteiger charge is 2.32. The van der Waals surface area contributed by atoms with Gasteiger partial charge in [-0.1, -0.05) is 6.92 Å². The molecule has 92 valence electrons. The topological polar surface area (TPSA) is 55.1 Å². The van der Waals surface area contributed by atoms with Crippen LogP contribution in [0.3, 0.4) is 0 Å². The standard InChI is InChI=1S/C13H17FN2O/c1-7-6-13(2,3)16-11-9(7)4-8(14)5-10(11)12(15)17/h4-5,7,16H,6H2,1-3H3,(H2,15,17). The molecule has 1 unspecified atom stereocenters. The van der Waals surface area contributed by atoms with E-state index in [9.17, 15) is 9.18 Å². The van der Waals surface area contributed by atoms with Gasteiger partial charge in [0.2, 0.25) is 0 Å². The number of carbonyl (C=O) groups is 1. The average Bonchev–Trinajstić information content (AvgIpc) is 2.17. The monoisotopic (exact) mass is 236 g/mol. The largest absolute Gasteiger partial charge is 0.379 e. The number of anilines is 1. The van der Waals surface area contributed by atoms with Crippen LogP contribution in [0.25, 0.3) is 0 Å². The fourth-order valence-electron chi connectivity index (χ4n) is 2.62. The molecule has 2 rings (SSSR count). The molecule has 1 aromatic rings. The zero-order chi connectivity index (χ0) is 12.8. The molecule has 1 atom stereocenters. The number of hydrogen-bond donors (Lipinski definition) is 2. The zero-order valence-corrected chi connectivity index (χ0v) is 10.3. The Kier molecular flexibility index (Phi) is 2.60. The van der Waals surface area contributed by atoms with Gasteiger partial charge in [0.1, 0.15) is 5.82 Å². The van der Waals surface area contributed by atoms with Gasteiger partial charge in [0, 0.05) is 5.54 Å². The maximum atomic E-state index is 13.4. The summed E-state index contributed by atoms with van der Waals surface area (Å²) in [5.41, 5.74) is 6.93. The SMILES string of the molecule is CC1CC(C)(C)Nc2c(C(N)=O)cc(F)cc21. The van der Waals surface area contributed by atoms with Crippen molar-refractivity contribution in [1.29, 1.82) is 0 Å². The summed E-state index contributed by atoms with van der Waals surface area (Å²) in [6.45, 7) is 6.15. The number of amides is 1. The first-order valence-corrected chi connectivity index (χ1v) is 5.71. The summed E-state index contributed by atoms with van der Waals surface area (Å²) in [6, 6.07) is 2.68. The Balaban J connectivity index is 2.63. The summed E-state index contributed by atoms with van der Waals surface area (Å²) in [5, 5.41) is 3.28. The number of nitrogens with two attached hydrogens (primary N) is 1. The number of halogens is 1. The third-order valence-electron chi connectivity index (χ3n) is 3.21. The Labute approximate surface area is 100 Å². The number of hydrogen-bond acceptors (Lipinski definition) is 2. The highest BCUT2D eigenvalue weighted by atomic mass is 19.1. The van der Waals surface area contributed by atoms with Gasteiger partial charge in [-0.3, -0.25) is 4.79 Å². The normalized spacial score (nSPS) is 21.5. The quantitative estimate of drug-likeness (QED) is 0.787. The second-order valence-corrected chi connectivity index (χ2v) is 5.40. The molecule has 0 aromatic heterocycles. The third-order valence-corrected chi connectivity index (χ3v) is 3.21. The summed E-state index contributed by atoms with van der Waals surface area (Å²) in [7, 11) is 0. The summed E-state index contributed by atoms with van der Waals surface area (Å²) < 4.78 is 13.4. The van der Waals surface area contributed by atoms with Gasteiger partial charge in [0.15, 0.2) is 0 Å². The van der Waals surface area contributed by atoms with Crippen LogP contribution in [0.4, 0.5) is 10.1 Å². The molecular formula is C13H17FN2O. The first-order valence-electron chi connectivity index (χ1n) is 5.71. The molecule has 3 nitrogen and oxygen atoms in total. The van der Waals surface area contributed by atoms with E-state index < -0.39 is 11.7 Å². The van der Waals surface area contributed by atoms with Crippen molar-refractivity contribution in [3.8, 4) is 0 Å². The summed E-state index contributed by atoms with van der Waals surface area (Å²) in [6.07, 6.45) is 0.891. The van der Waals surface area contributed by atoms with Crippen molar-refractivity contribution in [3.63, 3.8) is 0 Å². The Morgan fingerprint density at radius 1 is 1.53 bits per heavy atom. The van der Waals surface area contributed by atoms with Crippen LogP contribution in [-0.4, -0.2) is 11.4 Å². The number of nitrogens with one attached hydrogen (secondary N) is 1. The molecule has 4 heteroatoms. The van der Waals surface area contributed by atoms with Gasteiger partial charge in [0.05, 0.1) is 11.3 Å². The number of fused-ring (bicyclic) bond motifs is 1. The Morgan fingerprint density at radius 2 is 2.18 bits per heavy atom. The number of primary amides is 1. The number of benzene rings is 1. The van der Waals surface area contributed by atoms with Gasteiger partial charge in [-0.25, -0.2) is 4.39 Å². The Hall–Kier alpha value is -1.58. The van der Waals surface area contributed by atoms with Gasteiger partial charge >= 0.3 is 0 Å². The lowest BCUT2D eigenvalue weighted by molar-refractivity contribution is 0.100. The van der Waals surface area contributed by atoms with Crippen LogP contribution in [0.5, 0.6) is 0 Å². The van der Waals surface area contributed by atoms with Gasteiger partial charge in [-0.2, -0.15) is 0 Å². The van der Waals surface area contributed by atoms with Gasteiger partial charge in [-0.15, -0.1) is 0 Å². The van der Waals surface area contributed by atoms with E-state index in [1.54, 1.807) is 0 Å². The van der Waals surface area contributed by atoms with Crippen molar-refractivity contribution in [2.75, 3.05) is 5.32 Å². The first-order chi connectivity index (χ1) is 7.80. The van der Waals surface area contributed by atoms with Crippen LogP contribution in [0, 0.1) is 5.82 Å². The molecule has 1 aliphatic heterocycles. The van der Waals surface area contributed by atoms with E-state index >= 15 is 0 Å². The van der Waals surface area contributed by atoms with E-state index in [-0.39, 0.29) is 17.0 Å². The number of carbonyl (C=O) groups excluding carboxylic acids is 1. The lowest BCUT2D eigenvalue weighted by Crippen LogP contribution is -2.38. The highest BCUT2D eigenvalue weighted by molar-refractivity contribution is 5.99.